The molecule has 0 unspecified atom stereocenters. The molecule has 2 aromatic carbocycles. The Morgan fingerprint density at radius 3 is 2.11 bits per heavy atom. The Bertz CT molecular complexity index is 848. The lowest BCUT2D eigenvalue weighted by atomic mass is 9.97. The van der Waals surface area contributed by atoms with Gasteiger partial charge in [-0.15, -0.1) is 0 Å². The highest BCUT2D eigenvalue weighted by atomic mass is 16.5. The molecule has 0 radical (unpaired) electrons. The fourth-order valence-electron chi connectivity index (χ4n) is 2.87. The van der Waals surface area contributed by atoms with Gasteiger partial charge in [-0.05, 0) is 61.4 Å². The van der Waals surface area contributed by atoms with Crippen molar-refractivity contribution in [3.05, 3.63) is 54.1 Å². The first-order valence-electron chi connectivity index (χ1n) is 8.62. The SMILES string of the molecule is N#Cc1ccc(Oc2ccc(NC(=O)N3CCC(C(=O)O)CC3)cc2)cc1. The molecular weight excluding hydrogens is 346 g/mol. The molecule has 1 saturated heterocycles. The van der Waals surface area contributed by atoms with Crippen molar-refractivity contribution < 1.29 is 19.4 Å². The Balaban J connectivity index is 1.53. The van der Waals surface area contributed by atoms with Crippen molar-refractivity contribution in [3.8, 4) is 17.6 Å². The largest absolute Gasteiger partial charge is 0.481 e. The molecule has 7 nitrogen and oxygen atoms in total. The summed E-state index contributed by atoms with van der Waals surface area (Å²) in [6, 6.07) is 15.6. The van der Waals surface area contributed by atoms with Crippen LogP contribution in [0.15, 0.2) is 48.5 Å². The summed E-state index contributed by atoms with van der Waals surface area (Å²) in [4.78, 5) is 24.9. The van der Waals surface area contributed by atoms with Crippen LogP contribution in [0, 0.1) is 17.2 Å². The monoisotopic (exact) mass is 365 g/mol. The lowest BCUT2D eigenvalue weighted by Gasteiger charge is -2.30. The predicted octanol–water partition coefficient (Wildman–Crippen LogP) is 3.68. The Morgan fingerprint density at radius 2 is 1.59 bits per heavy atom. The summed E-state index contributed by atoms with van der Waals surface area (Å²) >= 11 is 0. The van der Waals surface area contributed by atoms with Crippen LogP contribution in [0.1, 0.15) is 18.4 Å². The maximum Gasteiger partial charge on any atom is 0.321 e. The third kappa shape index (κ3) is 4.76. The van der Waals surface area contributed by atoms with E-state index in [9.17, 15) is 9.59 Å². The van der Waals surface area contributed by atoms with Gasteiger partial charge in [-0.2, -0.15) is 5.26 Å². The zero-order valence-corrected chi connectivity index (χ0v) is 14.6. The first-order valence-corrected chi connectivity index (χ1v) is 8.62. The van der Waals surface area contributed by atoms with Gasteiger partial charge in [0, 0.05) is 18.8 Å². The number of carbonyl (C=O) groups excluding carboxylic acids is 1. The number of anilines is 1. The molecule has 0 bridgehead atoms. The van der Waals surface area contributed by atoms with Gasteiger partial charge >= 0.3 is 12.0 Å². The normalized spacial score (nSPS) is 14.3. The first-order chi connectivity index (χ1) is 13.0. The molecule has 0 aliphatic carbocycles. The Morgan fingerprint density at radius 1 is 1.04 bits per heavy atom. The number of carboxylic acid groups (broad SMARTS) is 1. The van der Waals surface area contributed by atoms with Gasteiger partial charge in [0.1, 0.15) is 11.5 Å². The smallest absolute Gasteiger partial charge is 0.321 e. The number of urea groups is 1. The van der Waals surface area contributed by atoms with Crippen LogP contribution in [0.2, 0.25) is 0 Å². The number of hydrogen-bond acceptors (Lipinski definition) is 4. The Kier molecular flexibility index (Phi) is 5.57. The molecule has 2 N–H and O–H groups in total. The summed E-state index contributed by atoms with van der Waals surface area (Å²) < 4.78 is 5.70. The molecular formula is C20H19N3O4. The number of amides is 2. The standard InChI is InChI=1S/C20H19N3O4/c21-13-14-1-5-17(6-2-14)27-18-7-3-16(4-8-18)22-20(26)23-11-9-15(10-12-23)19(24)25/h1-8,15H,9-12H2,(H,22,26)(H,24,25). The van der Waals surface area contributed by atoms with Crippen LogP contribution in [0.25, 0.3) is 0 Å². The molecule has 0 spiro atoms. The van der Waals surface area contributed by atoms with Crippen molar-refractivity contribution in [2.24, 2.45) is 5.92 Å². The summed E-state index contributed by atoms with van der Waals surface area (Å²) in [6.45, 7) is 0.866. The summed E-state index contributed by atoms with van der Waals surface area (Å²) in [5.41, 5.74) is 1.19. The maximum atomic E-state index is 12.3. The molecule has 27 heavy (non-hydrogen) atoms. The Labute approximate surface area is 156 Å². The fraction of sp³-hybridized carbons (Fsp3) is 0.250. The average molecular weight is 365 g/mol. The second-order valence-electron chi connectivity index (χ2n) is 6.29. The quantitative estimate of drug-likeness (QED) is 0.860. The van der Waals surface area contributed by atoms with Gasteiger partial charge in [0.15, 0.2) is 0 Å². The molecule has 1 aliphatic rings. The topological polar surface area (TPSA) is 103 Å². The molecule has 2 aromatic rings. The van der Waals surface area contributed by atoms with Gasteiger partial charge in [0.2, 0.25) is 0 Å². The minimum absolute atomic E-state index is 0.236. The van der Waals surface area contributed by atoms with Gasteiger partial charge in [-0.1, -0.05) is 0 Å². The third-order valence-electron chi connectivity index (χ3n) is 4.46. The van der Waals surface area contributed by atoms with Crippen molar-refractivity contribution in [3.63, 3.8) is 0 Å². The van der Waals surface area contributed by atoms with Gasteiger partial charge in [-0.25, -0.2) is 4.79 Å². The number of benzene rings is 2. The van der Waals surface area contributed by atoms with Crippen LogP contribution >= 0.6 is 0 Å². The summed E-state index contributed by atoms with van der Waals surface area (Å²) in [7, 11) is 0. The van der Waals surface area contributed by atoms with Crippen LogP contribution in [0.5, 0.6) is 11.5 Å². The zero-order valence-electron chi connectivity index (χ0n) is 14.6. The number of carboxylic acids is 1. The van der Waals surface area contributed by atoms with E-state index in [4.69, 9.17) is 15.1 Å². The zero-order chi connectivity index (χ0) is 19.2. The van der Waals surface area contributed by atoms with Crippen LogP contribution in [0.4, 0.5) is 10.5 Å². The van der Waals surface area contributed by atoms with Crippen LogP contribution in [-0.2, 0) is 4.79 Å². The van der Waals surface area contributed by atoms with Gasteiger partial charge in [-0.3, -0.25) is 4.79 Å². The maximum absolute atomic E-state index is 12.3. The first kappa shape index (κ1) is 18.3. The number of ether oxygens (including phenoxy) is 1. The van der Waals surface area contributed by atoms with E-state index in [1.54, 1.807) is 53.4 Å². The number of rotatable bonds is 4. The predicted molar refractivity (Wildman–Crippen MR) is 98.6 cm³/mol. The number of piperidine rings is 1. The number of carbonyl (C=O) groups is 2. The lowest BCUT2D eigenvalue weighted by molar-refractivity contribution is -0.143. The second kappa shape index (κ2) is 8.23. The van der Waals surface area contributed by atoms with Gasteiger partial charge < -0.3 is 20.1 Å². The number of aliphatic carboxylic acids is 1. The van der Waals surface area contributed by atoms with Crippen molar-refractivity contribution >= 4 is 17.7 Å². The van der Waals surface area contributed by atoms with Crippen molar-refractivity contribution in [1.29, 1.82) is 5.26 Å². The highest BCUT2D eigenvalue weighted by molar-refractivity contribution is 5.89. The molecule has 3 rings (SSSR count). The summed E-state index contributed by atoms with van der Waals surface area (Å²) in [5.74, 6) is 0.0627. The van der Waals surface area contributed by atoms with Crippen LogP contribution in [-0.4, -0.2) is 35.1 Å². The number of hydrogen-bond donors (Lipinski definition) is 2. The molecule has 1 heterocycles. The molecule has 2 amide bonds. The molecule has 0 atom stereocenters. The molecule has 138 valence electrons. The van der Waals surface area contributed by atoms with Crippen molar-refractivity contribution in [2.45, 2.75) is 12.8 Å². The van der Waals surface area contributed by atoms with Crippen LogP contribution in [0.3, 0.4) is 0 Å². The number of nitrogens with one attached hydrogen (secondary N) is 1. The summed E-state index contributed by atoms with van der Waals surface area (Å²) in [6.07, 6.45) is 0.945. The van der Waals surface area contributed by atoms with Crippen molar-refractivity contribution in [2.75, 3.05) is 18.4 Å². The van der Waals surface area contributed by atoms with Gasteiger partial charge in [0.25, 0.3) is 0 Å². The third-order valence-corrected chi connectivity index (χ3v) is 4.46. The highest BCUT2D eigenvalue weighted by Gasteiger charge is 2.26. The van der Waals surface area contributed by atoms with E-state index in [2.05, 4.69) is 5.32 Å². The molecule has 1 fully saturated rings. The van der Waals surface area contributed by atoms with E-state index in [-0.39, 0.29) is 11.9 Å². The van der Waals surface area contributed by atoms with Gasteiger partial charge in [0.05, 0.1) is 17.6 Å². The fourth-order valence-corrected chi connectivity index (χ4v) is 2.87. The average Bonchev–Trinajstić information content (AvgIpc) is 2.70. The minimum Gasteiger partial charge on any atom is -0.481 e. The summed E-state index contributed by atoms with van der Waals surface area (Å²) in [5, 5.41) is 20.6. The molecule has 0 aromatic heterocycles. The lowest BCUT2D eigenvalue weighted by Crippen LogP contribution is -2.42. The molecule has 0 saturated carbocycles. The number of nitriles is 1. The molecule has 1 aliphatic heterocycles. The Hall–Kier alpha value is -3.53. The van der Waals surface area contributed by atoms with E-state index in [1.165, 1.54) is 0 Å². The van der Waals surface area contributed by atoms with E-state index in [0.717, 1.165) is 0 Å². The number of likely N-dealkylation sites (tertiary alicyclic amines) is 1. The van der Waals surface area contributed by atoms with E-state index < -0.39 is 5.97 Å². The minimum atomic E-state index is -0.798. The highest BCUT2D eigenvalue weighted by Crippen LogP contribution is 2.24. The second-order valence-corrected chi connectivity index (χ2v) is 6.29. The van der Waals surface area contributed by atoms with E-state index in [1.807, 2.05) is 6.07 Å². The van der Waals surface area contributed by atoms with E-state index >= 15 is 0 Å². The number of nitrogens with zero attached hydrogens (tertiary/aromatic N) is 2. The van der Waals surface area contributed by atoms with E-state index in [0.29, 0.717) is 48.7 Å². The molecule has 7 heteroatoms. The van der Waals surface area contributed by atoms with Crippen LogP contribution < -0.4 is 10.1 Å². The van der Waals surface area contributed by atoms with Crippen molar-refractivity contribution in [1.82, 2.24) is 4.90 Å².